The Morgan fingerprint density at radius 1 is 0.889 bits per heavy atom. The average molecular weight is 503 g/mol. The second kappa shape index (κ2) is 8.21. The molecule has 0 bridgehead atoms. The Morgan fingerprint density at radius 2 is 1.47 bits per heavy atom. The largest absolute Gasteiger partial charge is 0.350 e. The van der Waals surface area contributed by atoms with Crippen LogP contribution in [0.1, 0.15) is 11.1 Å². The molecular formula is C25H19ClN6O4. The predicted octanol–water partition coefficient (Wildman–Crippen LogP) is 3.96. The van der Waals surface area contributed by atoms with Crippen LogP contribution in [-0.2, 0) is 23.7 Å². The lowest BCUT2D eigenvalue weighted by atomic mass is 9.95. The zero-order chi connectivity index (χ0) is 24.4. The number of aryl methyl sites for hydroxylation is 2. The van der Waals surface area contributed by atoms with Crippen molar-refractivity contribution in [1.29, 1.82) is 0 Å². The Kier molecular flexibility index (Phi) is 5.26. The fourth-order valence-electron chi connectivity index (χ4n) is 4.82. The van der Waals surface area contributed by atoms with E-state index in [2.05, 4.69) is 15.3 Å². The molecule has 0 aliphatic carbocycles. The third kappa shape index (κ3) is 3.30. The molecule has 0 saturated carbocycles. The monoisotopic (exact) mass is 502 g/mol. The molecule has 4 heterocycles. The highest BCUT2D eigenvalue weighted by atomic mass is 35.5. The van der Waals surface area contributed by atoms with E-state index < -0.39 is 16.7 Å². The van der Waals surface area contributed by atoms with E-state index >= 15 is 0 Å². The molecule has 36 heavy (non-hydrogen) atoms. The number of nitrogens with one attached hydrogen (secondary N) is 2. The number of carbonyl (C=O) groups is 2. The number of amides is 2. The third-order valence-corrected chi connectivity index (χ3v) is 6.45. The number of hydrogen-bond donors (Lipinski definition) is 2. The molecule has 2 N–H and O–H groups in total. The van der Waals surface area contributed by atoms with Crippen LogP contribution in [0.15, 0.2) is 61.3 Å². The van der Waals surface area contributed by atoms with Crippen molar-refractivity contribution < 1.29 is 14.5 Å². The van der Waals surface area contributed by atoms with Crippen molar-refractivity contribution in [3.8, 4) is 11.3 Å². The van der Waals surface area contributed by atoms with E-state index in [0.717, 1.165) is 22.2 Å². The van der Waals surface area contributed by atoms with Crippen LogP contribution in [0.4, 0.5) is 5.69 Å². The lowest BCUT2D eigenvalue weighted by Crippen LogP contribution is -2.22. The van der Waals surface area contributed by atoms with E-state index in [9.17, 15) is 19.7 Å². The molecule has 1 aliphatic heterocycles. The quantitative estimate of drug-likeness (QED) is 0.218. The van der Waals surface area contributed by atoms with Gasteiger partial charge in [0.05, 0.1) is 39.8 Å². The number of nitro benzene ring substituents is 1. The second-order valence-corrected chi connectivity index (χ2v) is 8.50. The minimum Gasteiger partial charge on any atom is -0.350 e. The number of benzene rings is 2. The number of imide groups is 1. The van der Waals surface area contributed by atoms with Gasteiger partial charge in [-0.3, -0.25) is 25.0 Å². The van der Waals surface area contributed by atoms with Crippen molar-refractivity contribution in [2.24, 2.45) is 14.1 Å². The zero-order valence-electron chi connectivity index (χ0n) is 19.1. The molecule has 10 nitrogen and oxygen atoms in total. The summed E-state index contributed by atoms with van der Waals surface area (Å²) in [6, 6.07) is 10.3. The lowest BCUT2D eigenvalue weighted by molar-refractivity contribution is -0.384. The number of aromatic amines is 1. The number of carbonyl (C=O) groups excluding carboxylic acids is 2. The Labute approximate surface area is 209 Å². The van der Waals surface area contributed by atoms with Crippen molar-refractivity contribution >= 4 is 62.9 Å². The van der Waals surface area contributed by atoms with Gasteiger partial charge in [0.15, 0.2) is 0 Å². The molecule has 0 atom stereocenters. The molecule has 11 heteroatoms. The van der Waals surface area contributed by atoms with Gasteiger partial charge >= 0.3 is 0 Å². The highest BCUT2D eigenvalue weighted by molar-refractivity contribution is 6.50. The highest BCUT2D eigenvalue weighted by Crippen LogP contribution is 2.39. The summed E-state index contributed by atoms with van der Waals surface area (Å²) in [5.74, 6) is -0.976. The van der Waals surface area contributed by atoms with Gasteiger partial charge < -0.3 is 14.1 Å². The summed E-state index contributed by atoms with van der Waals surface area (Å²) in [7, 11) is 3.63. The Bertz CT molecular complexity index is 1760. The van der Waals surface area contributed by atoms with Crippen LogP contribution >= 0.6 is 12.4 Å². The molecule has 5 aromatic rings. The van der Waals surface area contributed by atoms with Gasteiger partial charge in [-0.05, 0) is 12.1 Å². The van der Waals surface area contributed by atoms with Crippen molar-refractivity contribution in [2.75, 3.05) is 0 Å². The van der Waals surface area contributed by atoms with Gasteiger partial charge in [0, 0.05) is 71.6 Å². The van der Waals surface area contributed by atoms with E-state index in [-0.39, 0.29) is 29.2 Å². The van der Waals surface area contributed by atoms with E-state index in [1.165, 1.54) is 12.1 Å². The first-order valence-corrected chi connectivity index (χ1v) is 10.8. The molecule has 0 fully saturated rings. The number of aromatic nitrogens is 4. The molecule has 0 saturated heterocycles. The Balaban J connectivity index is 0.00000267. The number of hydrogen-bond acceptors (Lipinski definition) is 5. The highest BCUT2D eigenvalue weighted by Gasteiger charge is 2.35. The van der Waals surface area contributed by atoms with Crippen LogP contribution in [0.3, 0.4) is 0 Å². The van der Waals surface area contributed by atoms with Gasteiger partial charge in [-0.15, -0.1) is 12.4 Å². The van der Waals surface area contributed by atoms with Crippen LogP contribution < -0.4 is 5.32 Å². The molecule has 180 valence electrons. The zero-order valence-corrected chi connectivity index (χ0v) is 19.9. The van der Waals surface area contributed by atoms with E-state index in [4.69, 9.17) is 0 Å². The van der Waals surface area contributed by atoms with Crippen molar-refractivity contribution in [3.05, 3.63) is 82.6 Å². The standard InChI is InChI=1S/C25H18N6O4.ClH/c1-29-10-17(15-5-3-13(7-20(15)29)19-9-26-12-27-19)22-23(25(33)28-24(22)32)18-11-30(2)21-8-14(31(34)35)4-6-16(18)21;/h3-12H,1-2H3,(H,26,27)(H,28,32,33);1H. The molecular weight excluding hydrogens is 484 g/mol. The summed E-state index contributed by atoms with van der Waals surface area (Å²) in [6.45, 7) is 0. The third-order valence-electron chi connectivity index (χ3n) is 6.45. The van der Waals surface area contributed by atoms with Gasteiger partial charge in [-0.25, -0.2) is 4.98 Å². The number of H-pyrrole nitrogens is 1. The van der Waals surface area contributed by atoms with Crippen molar-refractivity contribution in [3.63, 3.8) is 0 Å². The maximum atomic E-state index is 13.1. The van der Waals surface area contributed by atoms with Gasteiger partial charge in [-0.1, -0.05) is 12.1 Å². The summed E-state index contributed by atoms with van der Waals surface area (Å²) in [5.41, 5.74) is 4.95. The summed E-state index contributed by atoms with van der Waals surface area (Å²) in [4.78, 5) is 44.0. The van der Waals surface area contributed by atoms with Gasteiger partial charge in [0.25, 0.3) is 17.5 Å². The first kappa shape index (κ1) is 23.1. The first-order chi connectivity index (χ1) is 16.8. The number of non-ortho nitro benzene ring substituents is 1. The smallest absolute Gasteiger partial charge is 0.271 e. The maximum absolute atomic E-state index is 13.1. The van der Waals surface area contributed by atoms with Gasteiger partial charge in [0.2, 0.25) is 0 Å². The molecule has 2 aromatic carbocycles. The average Bonchev–Trinajstić information content (AvgIpc) is 3.60. The molecule has 1 aliphatic rings. The summed E-state index contributed by atoms with van der Waals surface area (Å²) >= 11 is 0. The van der Waals surface area contributed by atoms with Crippen LogP contribution in [0.5, 0.6) is 0 Å². The molecule has 2 amide bonds. The maximum Gasteiger partial charge on any atom is 0.271 e. The van der Waals surface area contributed by atoms with Gasteiger partial charge in [0.1, 0.15) is 0 Å². The molecule has 3 aromatic heterocycles. The number of halogens is 1. The summed E-state index contributed by atoms with van der Waals surface area (Å²) in [6.07, 6.45) is 6.91. The van der Waals surface area contributed by atoms with Crippen molar-refractivity contribution in [1.82, 2.24) is 24.4 Å². The topological polar surface area (TPSA) is 128 Å². The Hall–Kier alpha value is -4.70. The predicted molar refractivity (Wildman–Crippen MR) is 137 cm³/mol. The lowest BCUT2D eigenvalue weighted by Gasteiger charge is -2.04. The van der Waals surface area contributed by atoms with Crippen LogP contribution in [-0.4, -0.2) is 35.8 Å². The minimum atomic E-state index is -0.498. The first-order valence-electron chi connectivity index (χ1n) is 10.8. The van der Waals surface area contributed by atoms with Gasteiger partial charge in [-0.2, -0.15) is 0 Å². The second-order valence-electron chi connectivity index (χ2n) is 8.50. The number of imidazole rings is 1. The minimum absolute atomic E-state index is 0. The Morgan fingerprint density at radius 3 is 2.03 bits per heavy atom. The van der Waals surface area contributed by atoms with Crippen LogP contribution in [0.25, 0.3) is 44.2 Å². The number of nitrogens with zero attached hydrogens (tertiary/aromatic N) is 4. The van der Waals surface area contributed by atoms with Crippen molar-refractivity contribution in [2.45, 2.75) is 0 Å². The molecule has 0 spiro atoms. The molecule has 6 rings (SSSR count). The van der Waals surface area contributed by atoms with E-state index in [1.807, 2.05) is 36.0 Å². The molecule has 0 radical (unpaired) electrons. The SMILES string of the molecule is Cl.Cn1cc(C2=C(c3cn(C)c4cc([N+](=O)[O-])ccc34)C(=O)NC2=O)c2ccc(-c3cnc[nH]3)cc21. The fourth-order valence-corrected chi connectivity index (χ4v) is 4.82. The number of fused-ring (bicyclic) bond motifs is 2. The van der Waals surface area contributed by atoms with E-state index in [0.29, 0.717) is 22.0 Å². The van der Waals surface area contributed by atoms with E-state index in [1.54, 1.807) is 36.4 Å². The van der Waals surface area contributed by atoms with Crippen LogP contribution in [0, 0.1) is 10.1 Å². The molecule has 0 unspecified atom stereocenters. The number of rotatable bonds is 4. The normalized spacial score (nSPS) is 13.5. The number of nitro groups is 1. The summed E-state index contributed by atoms with van der Waals surface area (Å²) in [5, 5.41) is 15.2. The van der Waals surface area contributed by atoms with Crippen LogP contribution in [0.2, 0.25) is 0 Å². The fraction of sp³-hybridized carbons (Fsp3) is 0.0800. The summed E-state index contributed by atoms with van der Waals surface area (Å²) < 4.78 is 3.63.